The predicted octanol–water partition coefficient (Wildman–Crippen LogP) is 3.82. The third-order valence-electron chi connectivity index (χ3n) is 2.91. The van der Waals surface area contributed by atoms with Gasteiger partial charge in [0.2, 0.25) is 0 Å². The number of amides is 1. The molecule has 0 aliphatic rings. The van der Waals surface area contributed by atoms with Crippen molar-refractivity contribution in [1.82, 2.24) is 0 Å². The van der Waals surface area contributed by atoms with Gasteiger partial charge in [0, 0.05) is 29.8 Å². The second-order valence-corrected chi connectivity index (χ2v) is 4.65. The highest BCUT2D eigenvalue weighted by Crippen LogP contribution is 2.17. The fourth-order valence-electron chi connectivity index (χ4n) is 1.91. The minimum Gasteiger partial charge on any atom is -0.380 e. The van der Waals surface area contributed by atoms with Crippen LogP contribution in [0, 0.1) is 0 Å². The molecule has 0 unspecified atom stereocenters. The Morgan fingerprint density at radius 3 is 2.75 bits per heavy atom. The van der Waals surface area contributed by atoms with Crippen LogP contribution in [0.2, 0.25) is 0 Å². The largest absolute Gasteiger partial charge is 0.380 e. The average molecular weight is 290 g/mol. The van der Waals surface area contributed by atoms with Gasteiger partial charge in [-0.15, -0.1) is 11.6 Å². The third-order valence-corrected chi connectivity index (χ3v) is 3.22. The summed E-state index contributed by atoms with van der Waals surface area (Å²) in [5, 5.41) is 2.90. The number of nitrogens with one attached hydrogen (secondary N) is 1. The normalized spacial score (nSPS) is 10.3. The molecule has 0 heterocycles. The number of benzene rings is 2. The molecule has 1 N–H and O–H groups in total. The molecule has 0 saturated heterocycles. The van der Waals surface area contributed by atoms with Gasteiger partial charge in [0.05, 0.1) is 6.61 Å². The SMILES string of the molecule is COCc1ccccc1NC(=O)c1cccc(CCl)c1. The summed E-state index contributed by atoms with van der Waals surface area (Å²) in [4.78, 5) is 12.2. The molecule has 2 aromatic carbocycles. The molecule has 0 aromatic heterocycles. The van der Waals surface area contributed by atoms with Crippen molar-refractivity contribution in [2.24, 2.45) is 0 Å². The van der Waals surface area contributed by atoms with Crippen LogP contribution in [0.25, 0.3) is 0 Å². The number of rotatable bonds is 5. The van der Waals surface area contributed by atoms with Crippen LogP contribution in [-0.2, 0) is 17.2 Å². The number of methoxy groups -OCH3 is 1. The first-order valence-electron chi connectivity index (χ1n) is 6.27. The molecule has 1 amide bonds. The quantitative estimate of drug-likeness (QED) is 0.850. The van der Waals surface area contributed by atoms with E-state index in [1.165, 1.54) is 0 Å². The lowest BCUT2D eigenvalue weighted by Gasteiger charge is -2.10. The Morgan fingerprint density at radius 1 is 1.20 bits per heavy atom. The fraction of sp³-hybridized carbons (Fsp3) is 0.188. The maximum absolute atomic E-state index is 12.2. The Hall–Kier alpha value is -1.84. The number of ether oxygens (including phenoxy) is 1. The molecule has 20 heavy (non-hydrogen) atoms. The Bertz CT molecular complexity index is 599. The van der Waals surface area contributed by atoms with Crippen molar-refractivity contribution < 1.29 is 9.53 Å². The molecule has 0 radical (unpaired) electrons. The fourth-order valence-corrected chi connectivity index (χ4v) is 2.08. The van der Waals surface area contributed by atoms with Crippen LogP contribution in [0.4, 0.5) is 5.69 Å². The van der Waals surface area contributed by atoms with E-state index in [9.17, 15) is 4.79 Å². The second-order valence-electron chi connectivity index (χ2n) is 4.38. The van der Waals surface area contributed by atoms with Crippen LogP contribution >= 0.6 is 11.6 Å². The minimum absolute atomic E-state index is 0.152. The van der Waals surface area contributed by atoms with Gasteiger partial charge in [-0.25, -0.2) is 0 Å². The Labute approximate surface area is 123 Å². The van der Waals surface area contributed by atoms with Crippen molar-refractivity contribution >= 4 is 23.2 Å². The summed E-state index contributed by atoms with van der Waals surface area (Å²) in [6.07, 6.45) is 0. The zero-order chi connectivity index (χ0) is 14.4. The van der Waals surface area contributed by atoms with Crippen molar-refractivity contribution in [3.8, 4) is 0 Å². The lowest BCUT2D eigenvalue weighted by molar-refractivity contribution is 0.102. The van der Waals surface area contributed by atoms with Crippen LogP contribution in [0.3, 0.4) is 0 Å². The lowest BCUT2D eigenvalue weighted by atomic mass is 10.1. The summed E-state index contributed by atoms with van der Waals surface area (Å²) in [7, 11) is 1.63. The molecule has 3 nitrogen and oxygen atoms in total. The molecule has 2 aromatic rings. The lowest BCUT2D eigenvalue weighted by Crippen LogP contribution is -2.13. The summed E-state index contributed by atoms with van der Waals surface area (Å²) >= 11 is 5.78. The predicted molar refractivity (Wildman–Crippen MR) is 81.1 cm³/mol. The van der Waals surface area contributed by atoms with Crippen molar-refractivity contribution in [3.63, 3.8) is 0 Å². The van der Waals surface area contributed by atoms with Gasteiger partial charge in [0.25, 0.3) is 5.91 Å². The zero-order valence-corrected chi connectivity index (χ0v) is 12.0. The molecule has 0 bridgehead atoms. The Kier molecular flexibility index (Phi) is 5.16. The van der Waals surface area contributed by atoms with E-state index < -0.39 is 0 Å². The van der Waals surface area contributed by atoms with Gasteiger partial charge in [-0.2, -0.15) is 0 Å². The number of halogens is 1. The zero-order valence-electron chi connectivity index (χ0n) is 11.2. The number of hydrogen-bond acceptors (Lipinski definition) is 2. The van der Waals surface area contributed by atoms with Gasteiger partial charge >= 0.3 is 0 Å². The maximum atomic E-state index is 12.2. The molecule has 0 fully saturated rings. The monoisotopic (exact) mass is 289 g/mol. The van der Waals surface area contributed by atoms with E-state index in [4.69, 9.17) is 16.3 Å². The van der Waals surface area contributed by atoms with E-state index in [1.807, 2.05) is 36.4 Å². The van der Waals surface area contributed by atoms with E-state index in [0.717, 1.165) is 16.8 Å². The summed E-state index contributed by atoms with van der Waals surface area (Å²) < 4.78 is 5.12. The van der Waals surface area contributed by atoms with Crippen LogP contribution in [0.1, 0.15) is 21.5 Å². The van der Waals surface area contributed by atoms with Crippen LogP contribution < -0.4 is 5.32 Å². The third kappa shape index (κ3) is 3.59. The highest BCUT2D eigenvalue weighted by Gasteiger charge is 2.09. The number of hydrogen-bond donors (Lipinski definition) is 1. The maximum Gasteiger partial charge on any atom is 0.255 e. The molecule has 0 aliphatic carbocycles. The topological polar surface area (TPSA) is 38.3 Å². The number of alkyl halides is 1. The van der Waals surface area contributed by atoms with Crippen molar-refractivity contribution in [1.29, 1.82) is 0 Å². The van der Waals surface area contributed by atoms with Gasteiger partial charge in [-0.1, -0.05) is 30.3 Å². The number of para-hydroxylation sites is 1. The summed E-state index contributed by atoms with van der Waals surface area (Å²) in [6.45, 7) is 0.457. The number of carbonyl (C=O) groups is 1. The highest BCUT2D eigenvalue weighted by molar-refractivity contribution is 6.17. The van der Waals surface area contributed by atoms with E-state index in [2.05, 4.69) is 5.32 Å². The molecular formula is C16H16ClNO2. The highest BCUT2D eigenvalue weighted by atomic mass is 35.5. The van der Waals surface area contributed by atoms with Crippen molar-refractivity contribution in [3.05, 3.63) is 65.2 Å². The van der Waals surface area contributed by atoms with Crippen LogP contribution in [0.15, 0.2) is 48.5 Å². The number of anilines is 1. The smallest absolute Gasteiger partial charge is 0.255 e. The van der Waals surface area contributed by atoms with Gasteiger partial charge in [-0.3, -0.25) is 4.79 Å². The average Bonchev–Trinajstić information content (AvgIpc) is 2.49. The van der Waals surface area contributed by atoms with Crippen LogP contribution in [-0.4, -0.2) is 13.0 Å². The van der Waals surface area contributed by atoms with E-state index in [0.29, 0.717) is 18.1 Å². The summed E-state index contributed by atoms with van der Waals surface area (Å²) in [6, 6.07) is 14.9. The Morgan fingerprint density at radius 2 is 2.00 bits per heavy atom. The molecule has 0 atom stereocenters. The van der Waals surface area contributed by atoms with Crippen molar-refractivity contribution in [2.45, 2.75) is 12.5 Å². The minimum atomic E-state index is -0.152. The summed E-state index contributed by atoms with van der Waals surface area (Å²) in [5.74, 6) is 0.238. The van der Waals surface area contributed by atoms with Crippen LogP contribution in [0.5, 0.6) is 0 Å². The standard InChI is InChI=1S/C16H16ClNO2/c1-20-11-14-6-2-3-8-15(14)18-16(19)13-7-4-5-12(9-13)10-17/h2-9H,10-11H2,1H3,(H,18,19). The summed E-state index contributed by atoms with van der Waals surface area (Å²) in [5.41, 5.74) is 3.22. The van der Waals surface area contributed by atoms with E-state index >= 15 is 0 Å². The molecule has 0 saturated carbocycles. The second kappa shape index (κ2) is 7.08. The first-order chi connectivity index (χ1) is 9.74. The molecule has 104 valence electrons. The molecule has 4 heteroatoms. The Balaban J connectivity index is 2.19. The van der Waals surface area contributed by atoms with Gasteiger partial charge in [0.1, 0.15) is 0 Å². The first kappa shape index (κ1) is 14.6. The van der Waals surface area contributed by atoms with E-state index in [1.54, 1.807) is 19.2 Å². The molecular weight excluding hydrogens is 274 g/mol. The molecule has 0 spiro atoms. The van der Waals surface area contributed by atoms with Gasteiger partial charge in [0.15, 0.2) is 0 Å². The van der Waals surface area contributed by atoms with Gasteiger partial charge < -0.3 is 10.1 Å². The first-order valence-corrected chi connectivity index (χ1v) is 6.81. The van der Waals surface area contributed by atoms with E-state index in [-0.39, 0.29) is 5.91 Å². The number of carbonyl (C=O) groups excluding carboxylic acids is 1. The molecule has 2 rings (SSSR count). The molecule has 0 aliphatic heterocycles. The van der Waals surface area contributed by atoms with Gasteiger partial charge in [-0.05, 0) is 23.8 Å². The van der Waals surface area contributed by atoms with Crippen molar-refractivity contribution in [2.75, 3.05) is 12.4 Å².